The molecule has 2 N–H and O–H groups in total. The second-order valence-electron chi connectivity index (χ2n) is 8.30. The third kappa shape index (κ3) is 3.67. The van der Waals surface area contributed by atoms with Crippen LogP contribution in [0.3, 0.4) is 0 Å². The van der Waals surface area contributed by atoms with E-state index in [1.807, 2.05) is 36.3 Å². The van der Waals surface area contributed by atoms with Crippen LogP contribution in [-0.2, 0) is 16.6 Å². The number of carbonyl (C=O) groups excluding carboxylic acids is 2. The summed E-state index contributed by atoms with van der Waals surface area (Å²) in [6.45, 7) is 1.90. The summed E-state index contributed by atoms with van der Waals surface area (Å²) < 4.78 is 1.72. The van der Waals surface area contributed by atoms with Gasteiger partial charge < -0.3 is 15.5 Å². The Morgan fingerprint density at radius 1 is 1.17 bits per heavy atom. The number of rotatable bonds is 4. The van der Waals surface area contributed by atoms with Gasteiger partial charge in [0.25, 0.3) is 0 Å². The van der Waals surface area contributed by atoms with Crippen LogP contribution in [0.1, 0.15) is 35.9 Å². The molecule has 4 atom stereocenters. The molecule has 0 bridgehead atoms. The van der Waals surface area contributed by atoms with Crippen LogP contribution in [0.25, 0.3) is 0 Å². The Hall–Kier alpha value is -2.67. The Morgan fingerprint density at radius 3 is 2.59 bits per heavy atom. The van der Waals surface area contributed by atoms with Gasteiger partial charge >= 0.3 is 0 Å². The summed E-state index contributed by atoms with van der Waals surface area (Å²) in [7, 11) is 3.64. The number of aryl methyl sites for hydroxylation is 1. The maximum absolute atomic E-state index is 13.6. The first kappa shape index (κ1) is 19.6. The number of nitrogens with two attached hydrogens (primary N) is 1. The molecule has 7 nitrogen and oxygen atoms in total. The van der Waals surface area contributed by atoms with Crippen molar-refractivity contribution in [3.8, 4) is 0 Å². The van der Waals surface area contributed by atoms with Crippen LogP contribution in [0, 0.1) is 11.8 Å². The minimum absolute atomic E-state index is 0.0753. The van der Waals surface area contributed by atoms with Gasteiger partial charge in [0.05, 0.1) is 18.2 Å². The number of hydrogen-bond donors (Lipinski definition) is 1. The summed E-state index contributed by atoms with van der Waals surface area (Å²) in [5.41, 5.74) is 8.21. The Morgan fingerprint density at radius 2 is 1.93 bits per heavy atom. The highest BCUT2D eigenvalue weighted by atomic mass is 16.2. The Bertz CT molecular complexity index is 880. The van der Waals surface area contributed by atoms with E-state index < -0.39 is 0 Å². The van der Waals surface area contributed by atoms with Gasteiger partial charge in [-0.15, -0.1) is 0 Å². The second kappa shape index (κ2) is 7.99. The van der Waals surface area contributed by atoms with E-state index in [0.29, 0.717) is 32.5 Å². The van der Waals surface area contributed by atoms with E-state index in [9.17, 15) is 9.59 Å². The molecule has 7 heteroatoms. The molecule has 0 spiro atoms. The molecule has 4 rings (SSSR count). The Balaban J connectivity index is 1.58. The van der Waals surface area contributed by atoms with Crippen LogP contribution in [0.4, 0.5) is 0 Å². The van der Waals surface area contributed by atoms with Crippen molar-refractivity contribution in [3.63, 3.8) is 0 Å². The van der Waals surface area contributed by atoms with E-state index in [1.165, 1.54) is 5.56 Å². The van der Waals surface area contributed by atoms with Gasteiger partial charge in [-0.1, -0.05) is 30.3 Å². The molecule has 2 aliphatic heterocycles. The van der Waals surface area contributed by atoms with Crippen molar-refractivity contribution in [3.05, 3.63) is 53.9 Å². The van der Waals surface area contributed by atoms with Crippen molar-refractivity contribution in [1.29, 1.82) is 0 Å². The van der Waals surface area contributed by atoms with E-state index in [0.717, 1.165) is 5.56 Å². The minimum Gasteiger partial charge on any atom is -0.341 e. The Labute approximate surface area is 171 Å². The average Bonchev–Trinajstić information content (AvgIpc) is 3.36. The maximum Gasteiger partial charge on any atom is 0.228 e. The standard InChI is InChI=1S/C22H29N5O2/c1-25-12-17(11-24-25)21-18(8-9-20(28)26(21)2)22(29)27-13-16(10-23)19(14-27)15-6-4-3-5-7-15/h3-7,11-12,16,18-19,21H,8-10,13-14,23H2,1-2H3/t16-,18?,19+,21?/m1/s1. The number of piperidine rings is 1. The normalized spacial score (nSPS) is 27.5. The zero-order chi connectivity index (χ0) is 20.5. The fraction of sp³-hybridized carbons (Fsp3) is 0.500. The van der Waals surface area contributed by atoms with Gasteiger partial charge in [0.2, 0.25) is 11.8 Å². The molecule has 2 aromatic rings. The molecule has 3 heterocycles. The van der Waals surface area contributed by atoms with Crippen LogP contribution < -0.4 is 5.73 Å². The predicted molar refractivity (Wildman–Crippen MR) is 110 cm³/mol. The predicted octanol–water partition coefficient (Wildman–Crippen LogP) is 1.53. The molecule has 2 fully saturated rings. The summed E-state index contributed by atoms with van der Waals surface area (Å²) in [6.07, 6.45) is 4.64. The van der Waals surface area contributed by atoms with Gasteiger partial charge in [0.1, 0.15) is 0 Å². The molecule has 2 aliphatic rings. The molecule has 0 saturated carbocycles. The number of likely N-dealkylation sites (tertiary alicyclic amines) is 2. The number of hydrogen-bond acceptors (Lipinski definition) is 4. The topological polar surface area (TPSA) is 84.5 Å². The van der Waals surface area contributed by atoms with E-state index >= 15 is 0 Å². The smallest absolute Gasteiger partial charge is 0.228 e. The minimum atomic E-state index is -0.274. The molecular formula is C22H29N5O2. The lowest BCUT2D eigenvalue weighted by Crippen LogP contribution is -2.47. The second-order valence-corrected chi connectivity index (χ2v) is 8.30. The fourth-order valence-corrected chi connectivity index (χ4v) is 4.95. The van der Waals surface area contributed by atoms with Gasteiger partial charge in [-0.05, 0) is 24.4 Å². The zero-order valence-corrected chi connectivity index (χ0v) is 17.1. The van der Waals surface area contributed by atoms with Crippen LogP contribution in [0.15, 0.2) is 42.7 Å². The molecule has 2 saturated heterocycles. The first-order chi connectivity index (χ1) is 14.0. The fourth-order valence-electron chi connectivity index (χ4n) is 4.95. The molecule has 154 valence electrons. The zero-order valence-electron chi connectivity index (χ0n) is 17.1. The molecule has 1 aromatic carbocycles. The van der Waals surface area contributed by atoms with E-state index in [-0.39, 0.29) is 35.6 Å². The molecule has 2 unspecified atom stereocenters. The SMILES string of the molecule is CN1C(=O)CCC(C(=O)N2C[C@@H](CN)[C@H](c3ccccc3)C2)C1c1cnn(C)c1. The summed E-state index contributed by atoms with van der Waals surface area (Å²) in [5.74, 6) is 0.447. The van der Waals surface area contributed by atoms with Crippen LogP contribution in [0.2, 0.25) is 0 Å². The van der Waals surface area contributed by atoms with Crippen molar-refractivity contribution >= 4 is 11.8 Å². The summed E-state index contributed by atoms with van der Waals surface area (Å²) >= 11 is 0. The van der Waals surface area contributed by atoms with Crippen molar-refractivity contribution in [1.82, 2.24) is 19.6 Å². The Kier molecular flexibility index (Phi) is 5.41. The number of benzene rings is 1. The number of aromatic nitrogens is 2. The molecule has 2 amide bonds. The van der Waals surface area contributed by atoms with E-state index in [4.69, 9.17) is 5.73 Å². The number of nitrogens with zero attached hydrogens (tertiary/aromatic N) is 4. The van der Waals surface area contributed by atoms with Crippen LogP contribution in [0.5, 0.6) is 0 Å². The highest BCUT2D eigenvalue weighted by Crippen LogP contribution is 2.39. The lowest BCUT2D eigenvalue weighted by molar-refractivity contribution is -0.146. The average molecular weight is 396 g/mol. The largest absolute Gasteiger partial charge is 0.341 e. The van der Waals surface area contributed by atoms with Gasteiger partial charge in [0.15, 0.2) is 0 Å². The third-order valence-corrected chi connectivity index (χ3v) is 6.53. The van der Waals surface area contributed by atoms with Crippen LogP contribution >= 0.6 is 0 Å². The highest BCUT2D eigenvalue weighted by Gasteiger charge is 2.44. The summed E-state index contributed by atoms with van der Waals surface area (Å²) in [6, 6.07) is 10.0. The van der Waals surface area contributed by atoms with Gasteiger partial charge in [-0.2, -0.15) is 5.10 Å². The first-order valence-electron chi connectivity index (χ1n) is 10.3. The lowest BCUT2D eigenvalue weighted by atomic mass is 9.84. The van der Waals surface area contributed by atoms with Crippen molar-refractivity contribution in [2.24, 2.45) is 24.6 Å². The molecular weight excluding hydrogens is 366 g/mol. The summed E-state index contributed by atoms with van der Waals surface area (Å²) in [5, 5.41) is 4.26. The van der Waals surface area contributed by atoms with Gasteiger partial charge in [-0.25, -0.2) is 0 Å². The number of carbonyl (C=O) groups is 2. The third-order valence-electron chi connectivity index (χ3n) is 6.53. The van der Waals surface area contributed by atoms with Crippen molar-refractivity contribution in [2.45, 2.75) is 24.8 Å². The molecule has 1 aromatic heterocycles. The van der Waals surface area contributed by atoms with E-state index in [2.05, 4.69) is 17.2 Å². The lowest BCUT2D eigenvalue weighted by Gasteiger charge is -2.39. The highest BCUT2D eigenvalue weighted by molar-refractivity contribution is 5.85. The molecule has 0 aliphatic carbocycles. The van der Waals surface area contributed by atoms with E-state index in [1.54, 1.807) is 22.8 Å². The molecule has 29 heavy (non-hydrogen) atoms. The van der Waals surface area contributed by atoms with Crippen molar-refractivity contribution in [2.75, 3.05) is 26.7 Å². The van der Waals surface area contributed by atoms with Gasteiger partial charge in [-0.3, -0.25) is 14.3 Å². The maximum atomic E-state index is 13.6. The molecule has 0 radical (unpaired) electrons. The monoisotopic (exact) mass is 395 g/mol. The quantitative estimate of drug-likeness (QED) is 0.851. The number of amides is 2. The first-order valence-corrected chi connectivity index (χ1v) is 10.3. The van der Waals surface area contributed by atoms with Crippen LogP contribution in [-0.4, -0.2) is 58.1 Å². The van der Waals surface area contributed by atoms with Crippen molar-refractivity contribution < 1.29 is 9.59 Å². The summed E-state index contributed by atoms with van der Waals surface area (Å²) in [4.78, 5) is 29.6. The van der Waals surface area contributed by atoms with Gasteiger partial charge in [0, 0.05) is 51.3 Å².